The third-order valence-corrected chi connectivity index (χ3v) is 4.44. The Labute approximate surface area is 153 Å². The molecule has 140 valence electrons. The lowest BCUT2D eigenvalue weighted by atomic mass is 9.99. The minimum absolute atomic E-state index is 0.208. The Morgan fingerprint density at radius 2 is 1.73 bits per heavy atom. The van der Waals surface area contributed by atoms with E-state index in [1.807, 2.05) is 24.5 Å². The summed E-state index contributed by atoms with van der Waals surface area (Å²) in [5.41, 5.74) is 4.11. The number of nitrogens with zero attached hydrogens (tertiary/aromatic N) is 2. The van der Waals surface area contributed by atoms with Gasteiger partial charge in [-0.25, -0.2) is 4.98 Å². The van der Waals surface area contributed by atoms with Crippen molar-refractivity contribution in [3.63, 3.8) is 0 Å². The van der Waals surface area contributed by atoms with Gasteiger partial charge in [-0.2, -0.15) is 0 Å². The number of aromatic nitrogens is 2. The highest BCUT2D eigenvalue weighted by atomic mass is 16.6. The Morgan fingerprint density at radius 1 is 1.15 bits per heavy atom. The zero-order chi connectivity index (χ0) is 19.3. The molecule has 0 fully saturated rings. The molecule has 26 heavy (non-hydrogen) atoms. The summed E-state index contributed by atoms with van der Waals surface area (Å²) in [6, 6.07) is 3.79. The van der Waals surface area contributed by atoms with Gasteiger partial charge in [0.2, 0.25) is 0 Å². The highest BCUT2D eigenvalue weighted by Gasteiger charge is 2.32. The fraction of sp³-hybridized carbons (Fsp3) is 0.450. The smallest absolute Gasteiger partial charge is 0.320 e. The van der Waals surface area contributed by atoms with Crippen LogP contribution in [0.5, 0.6) is 0 Å². The normalized spacial score (nSPS) is 12.2. The molecule has 1 atom stereocenters. The second-order valence-corrected chi connectivity index (χ2v) is 6.17. The lowest BCUT2D eigenvalue weighted by molar-refractivity contribution is -0.162. The van der Waals surface area contributed by atoms with E-state index < -0.39 is 17.9 Å². The van der Waals surface area contributed by atoms with Gasteiger partial charge >= 0.3 is 11.9 Å². The summed E-state index contributed by atoms with van der Waals surface area (Å²) < 4.78 is 12.0. The Bertz CT molecular complexity index is 791. The molecule has 6 heteroatoms. The van der Waals surface area contributed by atoms with Crippen LogP contribution in [0.25, 0.3) is 11.0 Å². The van der Waals surface area contributed by atoms with Crippen molar-refractivity contribution in [1.29, 1.82) is 0 Å². The Hall–Kier alpha value is -2.63. The van der Waals surface area contributed by atoms with E-state index >= 15 is 0 Å². The average molecular weight is 358 g/mol. The molecular weight excluding hydrogens is 332 g/mol. The largest absolute Gasteiger partial charge is 0.465 e. The summed E-state index contributed by atoms with van der Waals surface area (Å²) in [6.45, 7) is 11.8. The number of allylic oxidation sites excluding steroid dienone is 1. The highest BCUT2D eigenvalue weighted by molar-refractivity contribution is 5.95. The third-order valence-electron chi connectivity index (χ3n) is 4.44. The minimum atomic E-state index is -0.998. The number of imidazole rings is 1. The predicted octanol–water partition coefficient (Wildman–Crippen LogP) is 3.51. The number of hydrogen-bond donors (Lipinski definition) is 0. The number of esters is 2. The number of rotatable bonds is 8. The van der Waals surface area contributed by atoms with Crippen molar-refractivity contribution in [1.82, 2.24) is 9.55 Å². The van der Waals surface area contributed by atoms with Crippen LogP contribution in [-0.2, 0) is 19.1 Å². The van der Waals surface area contributed by atoms with E-state index in [0.717, 1.165) is 22.2 Å². The first kappa shape index (κ1) is 19.7. The van der Waals surface area contributed by atoms with Crippen LogP contribution in [0.15, 0.2) is 31.1 Å². The second-order valence-electron chi connectivity index (χ2n) is 6.17. The maximum atomic E-state index is 12.3. The van der Waals surface area contributed by atoms with Crippen molar-refractivity contribution in [2.24, 2.45) is 5.92 Å². The fourth-order valence-electron chi connectivity index (χ4n) is 2.89. The summed E-state index contributed by atoms with van der Waals surface area (Å²) in [6.07, 6.45) is 3.63. The van der Waals surface area contributed by atoms with Crippen molar-refractivity contribution in [3.8, 4) is 0 Å². The Balaban J connectivity index is 2.36. The first-order valence-electron chi connectivity index (χ1n) is 8.82. The van der Waals surface area contributed by atoms with Gasteiger partial charge in [0.05, 0.1) is 36.6 Å². The molecule has 6 nitrogen and oxygen atoms in total. The lowest BCUT2D eigenvalue weighted by Crippen LogP contribution is -2.30. The van der Waals surface area contributed by atoms with Gasteiger partial charge in [0.15, 0.2) is 5.92 Å². The topological polar surface area (TPSA) is 70.4 Å². The van der Waals surface area contributed by atoms with Gasteiger partial charge in [0, 0.05) is 0 Å². The van der Waals surface area contributed by atoms with Crippen LogP contribution in [0.3, 0.4) is 0 Å². The van der Waals surface area contributed by atoms with Crippen molar-refractivity contribution >= 4 is 23.0 Å². The number of benzene rings is 1. The molecule has 1 aromatic carbocycles. The molecule has 0 aliphatic rings. The maximum Gasteiger partial charge on any atom is 0.320 e. The lowest BCUT2D eigenvalue weighted by Gasteiger charge is -2.21. The quantitative estimate of drug-likeness (QED) is 0.410. The van der Waals surface area contributed by atoms with Gasteiger partial charge in [-0.05, 0) is 57.4 Å². The summed E-state index contributed by atoms with van der Waals surface area (Å²) in [5.74, 6) is -2.15. The number of hydrogen-bond acceptors (Lipinski definition) is 5. The van der Waals surface area contributed by atoms with Gasteiger partial charge in [0.1, 0.15) is 0 Å². The molecule has 1 heterocycles. The second kappa shape index (κ2) is 8.65. The van der Waals surface area contributed by atoms with E-state index in [0.29, 0.717) is 0 Å². The van der Waals surface area contributed by atoms with Crippen molar-refractivity contribution in [2.75, 3.05) is 13.2 Å². The molecule has 2 aromatic rings. The fourth-order valence-corrected chi connectivity index (χ4v) is 2.89. The van der Waals surface area contributed by atoms with Gasteiger partial charge in [-0.15, -0.1) is 6.58 Å². The van der Waals surface area contributed by atoms with Gasteiger partial charge < -0.3 is 14.0 Å². The van der Waals surface area contributed by atoms with Crippen molar-refractivity contribution < 1.29 is 19.1 Å². The predicted molar refractivity (Wildman–Crippen MR) is 99.8 cm³/mol. The Kier molecular flexibility index (Phi) is 6.55. The molecule has 0 N–H and O–H groups in total. The van der Waals surface area contributed by atoms with Crippen LogP contribution >= 0.6 is 0 Å². The van der Waals surface area contributed by atoms with Gasteiger partial charge in [-0.3, -0.25) is 9.59 Å². The van der Waals surface area contributed by atoms with Crippen LogP contribution in [0, 0.1) is 19.8 Å². The van der Waals surface area contributed by atoms with E-state index in [4.69, 9.17) is 9.47 Å². The number of carbonyl (C=O) groups is 2. The summed E-state index contributed by atoms with van der Waals surface area (Å²) in [4.78, 5) is 29.0. The Morgan fingerprint density at radius 3 is 2.27 bits per heavy atom. The molecule has 1 unspecified atom stereocenters. The number of fused-ring (bicyclic) bond motifs is 1. The van der Waals surface area contributed by atoms with Crippen LogP contribution in [0.1, 0.15) is 37.4 Å². The van der Waals surface area contributed by atoms with Crippen LogP contribution in [0.4, 0.5) is 0 Å². The highest BCUT2D eigenvalue weighted by Crippen LogP contribution is 2.27. The summed E-state index contributed by atoms with van der Waals surface area (Å²) >= 11 is 0. The standard InChI is InChI=1S/C20H26N2O4/c1-6-15(11-16(19(23)25-7-2)20(24)26-8-3)22-12-21-17-9-13(4)14(5)10-18(17)22/h6,9-10,12,15-16H,1,7-8,11H2,2-5H3. The SMILES string of the molecule is C=CC(CC(C(=O)OCC)C(=O)OCC)n1cnc2cc(C)c(C)cc21. The van der Waals surface area contributed by atoms with Crippen LogP contribution in [0.2, 0.25) is 0 Å². The van der Waals surface area contributed by atoms with E-state index in [2.05, 4.69) is 17.6 Å². The molecule has 0 radical (unpaired) electrons. The molecule has 0 saturated heterocycles. The van der Waals surface area contributed by atoms with Gasteiger partial charge in [-0.1, -0.05) is 6.08 Å². The molecule has 0 saturated carbocycles. The van der Waals surface area contributed by atoms with Crippen LogP contribution < -0.4 is 0 Å². The van der Waals surface area contributed by atoms with E-state index in [1.165, 1.54) is 0 Å². The molecule has 0 spiro atoms. The molecular formula is C20H26N2O4. The molecule has 0 aliphatic heterocycles. The molecule has 2 rings (SSSR count). The van der Waals surface area contributed by atoms with E-state index in [-0.39, 0.29) is 25.7 Å². The summed E-state index contributed by atoms with van der Waals surface area (Å²) in [7, 11) is 0. The van der Waals surface area contributed by atoms with E-state index in [9.17, 15) is 9.59 Å². The maximum absolute atomic E-state index is 12.3. The first-order valence-corrected chi connectivity index (χ1v) is 8.82. The average Bonchev–Trinajstić information content (AvgIpc) is 2.99. The van der Waals surface area contributed by atoms with Crippen molar-refractivity contribution in [2.45, 2.75) is 40.2 Å². The number of carbonyl (C=O) groups excluding carboxylic acids is 2. The molecule has 0 amide bonds. The summed E-state index contributed by atoms with van der Waals surface area (Å²) in [5, 5.41) is 0. The minimum Gasteiger partial charge on any atom is -0.465 e. The zero-order valence-corrected chi connectivity index (χ0v) is 15.8. The zero-order valence-electron chi connectivity index (χ0n) is 15.8. The first-order chi connectivity index (χ1) is 12.4. The number of ether oxygens (including phenoxy) is 2. The monoisotopic (exact) mass is 358 g/mol. The van der Waals surface area contributed by atoms with Crippen LogP contribution in [-0.4, -0.2) is 34.7 Å². The number of aryl methyl sites for hydroxylation is 2. The molecule has 0 bridgehead atoms. The third kappa shape index (κ3) is 4.12. The van der Waals surface area contributed by atoms with E-state index in [1.54, 1.807) is 26.3 Å². The van der Waals surface area contributed by atoms with Crippen molar-refractivity contribution in [3.05, 3.63) is 42.2 Å². The molecule has 1 aromatic heterocycles. The molecule has 0 aliphatic carbocycles. The van der Waals surface area contributed by atoms with Gasteiger partial charge in [0.25, 0.3) is 0 Å².